The zero-order valence-corrected chi connectivity index (χ0v) is 13.7. The molecule has 2 nitrogen and oxygen atoms in total. The fourth-order valence-electron chi connectivity index (χ4n) is 2.21. The number of hydrogen-bond donors (Lipinski definition) is 0. The number of ether oxygens (including phenoxy) is 1. The normalized spacial score (nSPS) is 11.5. The van der Waals surface area contributed by atoms with E-state index in [4.69, 9.17) is 4.74 Å². The van der Waals surface area contributed by atoms with Crippen molar-refractivity contribution in [3.63, 3.8) is 0 Å². The van der Waals surface area contributed by atoms with Gasteiger partial charge in [0.25, 0.3) is 0 Å². The zero-order valence-electron chi connectivity index (χ0n) is 13.7. The van der Waals surface area contributed by atoms with Crippen molar-refractivity contribution in [2.45, 2.75) is 59.3 Å². The van der Waals surface area contributed by atoms with Gasteiger partial charge in [0.05, 0.1) is 0 Å². The maximum Gasteiger partial charge on any atom is 0.302 e. The number of hydrogen-bond acceptors (Lipinski definition) is 2. The summed E-state index contributed by atoms with van der Waals surface area (Å²) >= 11 is 0. The monoisotopic (exact) mass is 288 g/mol. The highest BCUT2D eigenvalue weighted by Crippen LogP contribution is 2.14. The van der Waals surface area contributed by atoms with Gasteiger partial charge in [-0.25, -0.2) is 0 Å². The van der Waals surface area contributed by atoms with Crippen molar-refractivity contribution >= 4 is 12.0 Å². The highest BCUT2D eigenvalue weighted by Gasteiger charge is 1.99. The second-order valence-corrected chi connectivity index (χ2v) is 5.49. The van der Waals surface area contributed by atoms with Crippen molar-refractivity contribution in [1.29, 1.82) is 0 Å². The molecule has 1 aromatic rings. The molecule has 0 fully saturated rings. The van der Waals surface area contributed by atoms with Crippen LogP contribution in [-0.4, -0.2) is 12.6 Å². The fourth-order valence-corrected chi connectivity index (χ4v) is 2.21. The first-order valence-electron chi connectivity index (χ1n) is 8.07. The summed E-state index contributed by atoms with van der Waals surface area (Å²) in [6.07, 6.45) is 9.38. The van der Waals surface area contributed by atoms with Crippen LogP contribution in [0.3, 0.4) is 0 Å². The molecule has 116 valence electrons. The van der Waals surface area contributed by atoms with Crippen LogP contribution in [-0.2, 0) is 16.0 Å². The van der Waals surface area contributed by atoms with Gasteiger partial charge in [0.15, 0.2) is 0 Å². The van der Waals surface area contributed by atoms with Gasteiger partial charge >= 0.3 is 5.97 Å². The molecular formula is C19H28O2. The van der Waals surface area contributed by atoms with Crippen LogP contribution in [0, 0.1) is 0 Å². The van der Waals surface area contributed by atoms with Gasteiger partial charge in [-0.1, -0.05) is 63.5 Å². The number of rotatable bonds is 9. The van der Waals surface area contributed by atoms with Crippen molar-refractivity contribution in [3.8, 4) is 0 Å². The molecule has 0 heterocycles. The van der Waals surface area contributed by atoms with E-state index in [1.807, 2.05) is 0 Å². The number of unbranched alkanes of at least 4 members (excludes halogenated alkanes) is 3. The Labute approximate surface area is 129 Å². The van der Waals surface area contributed by atoms with E-state index in [2.05, 4.69) is 44.2 Å². The molecule has 0 radical (unpaired) electrons. The zero-order chi connectivity index (χ0) is 15.5. The lowest BCUT2D eigenvalue weighted by molar-refractivity contribution is -0.139. The van der Waals surface area contributed by atoms with Crippen molar-refractivity contribution < 1.29 is 9.53 Å². The Balaban J connectivity index is 2.53. The summed E-state index contributed by atoms with van der Waals surface area (Å²) in [5.41, 5.74) is 3.72. The lowest BCUT2D eigenvalue weighted by atomic mass is 10.0. The molecule has 0 aliphatic rings. The van der Waals surface area contributed by atoms with E-state index in [1.54, 1.807) is 0 Å². The predicted molar refractivity (Wildman–Crippen MR) is 89.2 cm³/mol. The van der Waals surface area contributed by atoms with Crippen LogP contribution in [0.25, 0.3) is 6.08 Å². The highest BCUT2D eigenvalue weighted by molar-refractivity contribution is 5.66. The van der Waals surface area contributed by atoms with E-state index in [-0.39, 0.29) is 5.97 Å². The Morgan fingerprint density at radius 2 is 1.81 bits per heavy atom. The number of carbonyl (C=O) groups excluding carboxylic acids is 1. The molecule has 0 N–H and O–H groups in total. The molecule has 0 spiro atoms. The van der Waals surface area contributed by atoms with Gasteiger partial charge in [0, 0.05) is 6.92 Å². The third kappa shape index (κ3) is 7.69. The van der Waals surface area contributed by atoms with E-state index in [0.29, 0.717) is 6.61 Å². The summed E-state index contributed by atoms with van der Waals surface area (Å²) in [7, 11) is 0. The first-order valence-corrected chi connectivity index (χ1v) is 8.07. The molecule has 0 unspecified atom stereocenters. The highest BCUT2D eigenvalue weighted by atomic mass is 16.5. The van der Waals surface area contributed by atoms with Crippen molar-refractivity contribution in [1.82, 2.24) is 0 Å². The molecule has 0 saturated heterocycles. The van der Waals surface area contributed by atoms with Crippen LogP contribution in [0.2, 0.25) is 0 Å². The number of esters is 1. The molecule has 0 aromatic heterocycles. The molecule has 0 bridgehead atoms. The molecule has 1 aromatic carbocycles. The van der Waals surface area contributed by atoms with Gasteiger partial charge in [-0.3, -0.25) is 4.79 Å². The van der Waals surface area contributed by atoms with Crippen molar-refractivity contribution in [3.05, 3.63) is 41.0 Å². The lowest BCUT2D eigenvalue weighted by Crippen LogP contribution is -2.02. The van der Waals surface area contributed by atoms with Gasteiger partial charge < -0.3 is 4.74 Å². The average Bonchev–Trinajstić information content (AvgIpc) is 2.49. The Hall–Kier alpha value is -1.57. The van der Waals surface area contributed by atoms with Crippen LogP contribution in [0.4, 0.5) is 0 Å². The van der Waals surface area contributed by atoms with E-state index < -0.39 is 0 Å². The maximum absolute atomic E-state index is 10.9. The van der Waals surface area contributed by atoms with E-state index >= 15 is 0 Å². The summed E-state index contributed by atoms with van der Waals surface area (Å²) in [6, 6.07) is 8.71. The quantitative estimate of drug-likeness (QED) is 0.463. The molecule has 21 heavy (non-hydrogen) atoms. The van der Waals surface area contributed by atoms with Gasteiger partial charge in [-0.05, 0) is 36.0 Å². The van der Waals surface area contributed by atoms with Crippen LogP contribution in [0.15, 0.2) is 29.8 Å². The third-order valence-corrected chi connectivity index (χ3v) is 3.58. The van der Waals surface area contributed by atoms with Crippen LogP contribution >= 0.6 is 0 Å². The van der Waals surface area contributed by atoms with Gasteiger partial charge in [-0.15, -0.1) is 0 Å². The second kappa shape index (κ2) is 10.2. The Morgan fingerprint density at radius 1 is 1.10 bits per heavy atom. The Morgan fingerprint density at radius 3 is 2.38 bits per heavy atom. The van der Waals surface area contributed by atoms with Crippen molar-refractivity contribution in [2.75, 3.05) is 6.61 Å². The molecule has 2 heteroatoms. The number of benzene rings is 1. The largest absolute Gasteiger partial charge is 0.461 e. The average molecular weight is 288 g/mol. The Kier molecular flexibility index (Phi) is 8.49. The van der Waals surface area contributed by atoms with E-state index in [1.165, 1.54) is 43.7 Å². The van der Waals surface area contributed by atoms with Gasteiger partial charge in [-0.2, -0.15) is 0 Å². The minimum Gasteiger partial charge on any atom is -0.461 e. The number of carbonyl (C=O) groups is 1. The first kappa shape index (κ1) is 17.5. The van der Waals surface area contributed by atoms with Crippen LogP contribution in [0.5, 0.6) is 0 Å². The van der Waals surface area contributed by atoms with Gasteiger partial charge in [0.2, 0.25) is 0 Å². The maximum atomic E-state index is 10.9. The summed E-state index contributed by atoms with van der Waals surface area (Å²) in [6.45, 7) is 6.16. The molecule has 1 rings (SSSR count). The molecular weight excluding hydrogens is 260 g/mol. The fraction of sp³-hybridized carbons (Fsp3) is 0.526. The first-order chi connectivity index (χ1) is 10.2. The SMILES string of the molecule is CCCCCCc1ccc(C=C(CC)COC(C)=O)cc1. The molecule has 0 saturated carbocycles. The standard InChI is InChI=1S/C19H28O2/c1-4-6-7-8-9-18-10-12-19(13-11-18)14-17(5-2)15-21-16(3)20/h10-14H,4-9,15H2,1-3H3. The summed E-state index contributed by atoms with van der Waals surface area (Å²) < 4.78 is 5.06. The van der Waals surface area contributed by atoms with E-state index in [0.717, 1.165) is 18.4 Å². The molecule has 0 amide bonds. The van der Waals surface area contributed by atoms with Crippen LogP contribution < -0.4 is 0 Å². The molecule has 0 aliphatic carbocycles. The minimum absolute atomic E-state index is 0.225. The summed E-state index contributed by atoms with van der Waals surface area (Å²) in [4.78, 5) is 10.9. The third-order valence-electron chi connectivity index (χ3n) is 3.58. The number of aryl methyl sites for hydroxylation is 1. The topological polar surface area (TPSA) is 26.3 Å². The predicted octanol–water partition coefficient (Wildman–Crippen LogP) is 5.17. The Bertz CT molecular complexity index is 443. The van der Waals surface area contributed by atoms with E-state index in [9.17, 15) is 4.79 Å². The van der Waals surface area contributed by atoms with Crippen LogP contribution in [0.1, 0.15) is 64.0 Å². The summed E-state index contributed by atoms with van der Waals surface area (Å²) in [5, 5.41) is 0. The van der Waals surface area contributed by atoms with Gasteiger partial charge in [0.1, 0.15) is 6.61 Å². The second-order valence-electron chi connectivity index (χ2n) is 5.49. The van der Waals surface area contributed by atoms with Crippen molar-refractivity contribution in [2.24, 2.45) is 0 Å². The summed E-state index contributed by atoms with van der Waals surface area (Å²) in [5.74, 6) is -0.225. The molecule has 0 aliphatic heterocycles. The smallest absolute Gasteiger partial charge is 0.302 e. The minimum atomic E-state index is -0.225. The molecule has 0 atom stereocenters. The lowest BCUT2D eigenvalue weighted by Gasteiger charge is -2.06.